The summed E-state index contributed by atoms with van der Waals surface area (Å²) < 4.78 is 13.0. The quantitative estimate of drug-likeness (QED) is 0.0554. The molecule has 1 heterocycles. The Hall–Kier alpha value is -1.21. The van der Waals surface area contributed by atoms with Crippen LogP contribution in [0.1, 0.15) is 38.5 Å². The Labute approximate surface area is 245 Å². The van der Waals surface area contributed by atoms with Crippen LogP contribution in [0, 0.1) is 0 Å². The van der Waals surface area contributed by atoms with Gasteiger partial charge in [-0.05, 0) is 45.1 Å². The predicted molar refractivity (Wildman–Crippen MR) is 123 cm³/mol. The van der Waals surface area contributed by atoms with Crippen LogP contribution in [0.2, 0.25) is 0 Å². The van der Waals surface area contributed by atoms with E-state index in [1.54, 1.807) is 0 Å². The van der Waals surface area contributed by atoms with E-state index in [0.29, 0.717) is 45.3 Å². The van der Waals surface area contributed by atoms with Crippen molar-refractivity contribution in [3.8, 4) is 0 Å². The Balaban J connectivity index is -0.00000249. The number of carbonyl (C=O) groups is 5. The molecule has 188 valence electrons. The molecule has 0 bridgehead atoms. The third-order valence-corrected chi connectivity index (χ3v) is 4.48. The van der Waals surface area contributed by atoms with Gasteiger partial charge in [0, 0.05) is 31.3 Å². The predicted octanol–water partition coefficient (Wildman–Crippen LogP) is -3.22. The van der Waals surface area contributed by atoms with Gasteiger partial charge in [0.1, 0.15) is 12.1 Å². The van der Waals surface area contributed by atoms with Gasteiger partial charge >= 0.3 is 63.3 Å². The Bertz CT molecular complexity index is 732. The van der Waals surface area contributed by atoms with Crippen LogP contribution >= 0.6 is 9.90 Å². The number of hydrogen-bond donors (Lipinski definition) is 6. The smallest absolute Gasteiger partial charge is 0.577 e. The van der Waals surface area contributed by atoms with Crippen molar-refractivity contribution < 1.29 is 90.3 Å². The van der Waals surface area contributed by atoms with E-state index >= 15 is 0 Å². The Kier molecular flexibility index (Phi) is 22.9. The summed E-state index contributed by atoms with van der Waals surface area (Å²) in [6.45, 7) is 1.47. The molecule has 6 N–H and O–H groups in total. The number of aliphatic carboxylic acids is 2. The van der Waals surface area contributed by atoms with E-state index in [2.05, 4.69) is 22.7 Å². The number of carboxylic acids is 2. The van der Waals surface area contributed by atoms with Gasteiger partial charge in [0.2, 0.25) is 17.7 Å². The maximum atomic E-state index is 12.2. The number of carboxylic acid groups (broad SMARTS) is 2. The molecule has 0 spiro atoms. The average molecular weight is 532 g/mol. The number of halogens is 1. The average Bonchev–Trinajstić information content (AvgIpc) is 2.77. The summed E-state index contributed by atoms with van der Waals surface area (Å²) in [6.07, 6.45) is 7.95. The third kappa shape index (κ3) is 18.2. The second kappa shape index (κ2) is 22.3. The number of rotatable bonds is 15. The van der Waals surface area contributed by atoms with Crippen LogP contribution < -0.4 is 72.7 Å². The maximum Gasteiger partial charge on any atom is 1.00 e. The molecule has 0 aromatic heterocycles. The van der Waals surface area contributed by atoms with Gasteiger partial charge in [-0.2, -0.15) is 0 Å². The summed E-state index contributed by atoms with van der Waals surface area (Å²) in [5, 5.41) is 28.0. The van der Waals surface area contributed by atoms with Gasteiger partial charge in [-0.1, -0.05) is 6.08 Å². The summed E-state index contributed by atoms with van der Waals surface area (Å²) >= 11 is 0. The minimum atomic E-state index is -1.20. The van der Waals surface area contributed by atoms with E-state index < -0.39 is 29.9 Å². The summed E-state index contributed by atoms with van der Waals surface area (Å²) in [5.74, 6) is -3.13. The number of piperazine rings is 1. The second-order valence-corrected chi connectivity index (χ2v) is 7.02. The van der Waals surface area contributed by atoms with E-state index in [4.69, 9.17) is 14.9 Å². The van der Waals surface area contributed by atoms with Crippen molar-refractivity contribution in [3.63, 3.8) is 0 Å². The minimum Gasteiger partial charge on any atom is -0.577 e. The molecule has 3 amide bonds. The molecule has 1 fully saturated rings. The molecule has 0 aromatic rings. The normalized spacial score (nSPS) is 17.3. The third-order valence-electron chi connectivity index (χ3n) is 4.48. The summed E-state index contributed by atoms with van der Waals surface area (Å²) in [6, 6.07) is -1.16. The molecule has 2 unspecified atom stereocenters. The van der Waals surface area contributed by atoms with Gasteiger partial charge in [-0.25, -0.2) is 9.59 Å². The zero-order chi connectivity index (χ0) is 25.1. The number of hydrogen-bond acceptors (Lipinski definition) is 6. The summed E-state index contributed by atoms with van der Waals surface area (Å²) in [7, 11) is 0. The van der Waals surface area contributed by atoms with Crippen molar-refractivity contribution in [1.82, 2.24) is 21.3 Å². The zero-order valence-corrected chi connectivity index (χ0v) is 23.5. The van der Waals surface area contributed by atoms with E-state index in [1.165, 1.54) is 6.08 Å². The fourth-order valence-electron chi connectivity index (χ4n) is 2.92. The van der Waals surface area contributed by atoms with Crippen LogP contribution in [0.4, 0.5) is 4.72 Å². The van der Waals surface area contributed by atoms with Gasteiger partial charge in [0.15, 0.2) is 0 Å². The molecule has 0 aromatic carbocycles. The van der Waals surface area contributed by atoms with Crippen LogP contribution in [0.15, 0.2) is 24.3 Å². The standard InChI is InChI=1S/C20H30N4O7.FH.K.H2P/c25-16(9-10-18(28)29)22-13-4-2-7-15-20(31)23-14(19(30)24-15)6-1-3-11-21-12-5-8-17(26)27;;;/h5,8-10,14-15,21H,1-4,6-7,11-13H2,(H,22,25)(H,23,31)(H,24,30)(H,26,27)(H,28,29);1H;;1H2/q;;+1;-1/b8-5+,10-9+;;;/i/hD. The molecule has 11 nitrogen and oxygen atoms in total. The molecular weight excluding hydrogens is 497 g/mol. The first kappa shape index (κ1) is 35.0. The molecule has 1 rings (SSSR count). The van der Waals surface area contributed by atoms with Crippen LogP contribution in [-0.4, -0.2) is 73.0 Å². The van der Waals surface area contributed by atoms with Gasteiger partial charge in [0.05, 0.1) is 0 Å². The first-order valence-electron chi connectivity index (χ1n) is 10.6. The van der Waals surface area contributed by atoms with E-state index in [0.717, 1.165) is 31.1 Å². The van der Waals surface area contributed by atoms with Gasteiger partial charge in [-0.15, -0.1) is 0 Å². The number of unbranched alkanes of at least 4 members (excludes halogenated alkanes) is 2. The zero-order valence-electron chi connectivity index (χ0n) is 20.2. The summed E-state index contributed by atoms with van der Waals surface area (Å²) in [5.41, 5.74) is 0. The van der Waals surface area contributed by atoms with E-state index in [-0.39, 0.29) is 73.1 Å². The van der Waals surface area contributed by atoms with Crippen molar-refractivity contribution >= 4 is 39.6 Å². The van der Waals surface area contributed by atoms with Crippen LogP contribution in [0.25, 0.3) is 0 Å². The van der Waals surface area contributed by atoms with Crippen LogP contribution in [0.5, 0.6) is 0 Å². The van der Waals surface area contributed by atoms with Crippen molar-refractivity contribution in [2.24, 2.45) is 0 Å². The molecule has 14 heteroatoms. The molecule has 2 atom stereocenters. The van der Waals surface area contributed by atoms with Gasteiger partial charge in [-0.3, -0.25) is 19.1 Å². The van der Waals surface area contributed by atoms with Crippen molar-refractivity contribution in [2.75, 3.05) is 19.6 Å². The van der Waals surface area contributed by atoms with Gasteiger partial charge < -0.3 is 41.4 Å². The first-order chi connectivity index (χ1) is 15.8. The topological polar surface area (TPSA) is 174 Å². The number of amides is 3. The Morgan fingerprint density at radius 3 is 1.88 bits per heavy atom. The van der Waals surface area contributed by atoms with Crippen molar-refractivity contribution in [3.05, 3.63) is 24.3 Å². The van der Waals surface area contributed by atoms with Crippen LogP contribution in [-0.2, 0) is 24.0 Å². The molecule has 0 aliphatic carbocycles. The fourth-order valence-corrected chi connectivity index (χ4v) is 2.92. The first-order valence-corrected chi connectivity index (χ1v) is 10.2. The molecule has 1 saturated heterocycles. The largest absolute Gasteiger partial charge is 1.00 e. The molecule has 0 radical (unpaired) electrons. The van der Waals surface area contributed by atoms with Crippen molar-refractivity contribution in [1.29, 1.82) is 1.45 Å². The Morgan fingerprint density at radius 1 is 0.882 bits per heavy atom. The van der Waals surface area contributed by atoms with Gasteiger partial charge in [0.25, 0.3) is 1.45 Å². The monoisotopic (exact) mass is 531 g/mol. The van der Waals surface area contributed by atoms with Crippen molar-refractivity contribution in [2.45, 2.75) is 50.6 Å². The van der Waals surface area contributed by atoms with Crippen LogP contribution in [0.3, 0.4) is 0 Å². The maximum absolute atomic E-state index is 12.2. The molecule has 1 aliphatic heterocycles. The van der Waals surface area contributed by atoms with E-state index in [1.807, 2.05) is 0 Å². The summed E-state index contributed by atoms with van der Waals surface area (Å²) in [4.78, 5) is 56.4. The van der Waals surface area contributed by atoms with E-state index in [9.17, 15) is 24.0 Å². The molecule has 0 saturated carbocycles. The minimum absolute atomic E-state index is 0. The molecule has 34 heavy (non-hydrogen) atoms. The second-order valence-electron chi connectivity index (χ2n) is 7.02. The Morgan fingerprint density at radius 2 is 1.38 bits per heavy atom. The number of nitrogens with one attached hydrogen (secondary N) is 4. The molecule has 1 aliphatic rings. The SMILES string of the molecule is O=C(O)/C=C/CNCCCCC1NC(=O)C(CCCCNC(=O)/C=C/C(=O)O)NC1=O.[2H]F.[K+].[PH2-]. The fraction of sp³-hybridized carbons (Fsp3) is 0.550. The number of carbonyl (C=O) groups excluding carboxylic acids is 3. The molecular formula is C20H33FKN4O7P.